The molecule has 0 aliphatic carbocycles. The highest BCUT2D eigenvalue weighted by Gasteiger charge is 2.24. The predicted octanol–water partition coefficient (Wildman–Crippen LogP) is 1.21. The number of carboxylic acid groups (broad SMARTS) is 1. The van der Waals surface area contributed by atoms with E-state index in [1.165, 1.54) is 0 Å². The summed E-state index contributed by atoms with van der Waals surface area (Å²) in [5.74, 6) is -4.16. The molecule has 1 unspecified atom stereocenters. The van der Waals surface area contributed by atoms with Gasteiger partial charge in [0.2, 0.25) is 5.91 Å². The second kappa shape index (κ2) is 6.66. The Morgan fingerprint density at radius 2 is 2.00 bits per heavy atom. The Morgan fingerprint density at radius 3 is 2.52 bits per heavy atom. The largest absolute Gasteiger partial charge is 0.478 e. The molecule has 0 aliphatic rings. The van der Waals surface area contributed by atoms with Gasteiger partial charge in [0.25, 0.3) is 0 Å². The molecular formula is C13H16FNO5S. The average Bonchev–Trinajstić information content (AvgIpc) is 2.37. The molecule has 0 saturated carbocycles. The van der Waals surface area contributed by atoms with Crippen LogP contribution in [0, 0.1) is 5.82 Å². The smallest absolute Gasteiger partial charge is 0.335 e. The van der Waals surface area contributed by atoms with Gasteiger partial charge in [-0.3, -0.25) is 4.79 Å². The molecule has 0 aromatic heterocycles. The van der Waals surface area contributed by atoms with Crippen LogP contribution >= 0.6 is 0 Å². The highest BCUT2D eigenvalue weighted by Crippen LogP contribution is 2.18. The molecule has 1 aromatic rings. The SMILES string of the molecule is CCC(C)NC(=O)CS(=O)(=O)c1cc(C(=O)O)ccc1F. The fourth-order valence-corrected chi connectivity index (χ4v) is 2.80. The molecular weight excluding hydrogens is 301 g/mol. The molecule has 0 fully saturated rings. The first kappa shape index (κ1) is 17.1. The minimum Gasteiger partial charge on any atom is -0.478 e. The number of aromatic carboxylic acids is 1. The quantitative estimate of drug-likeness (QED) is 0.821. The summed E-state index contributed by atoms with van der Waals surface area (Å²) in [6, 6.07) is 2.21. The van der Waals surface area contributed by atoms with Gasteiger partial charge in [-0.15, -0.1) is 0 Å². The van der Waals surface area contributed by atoms with Crippen LogP contribution in [0.15, 0.2) is 23.1 Å². The number of sulfone groups is 1. The highest BCUT2D eigenvalue weighted by molar-refractivity contribution is 7.92. The fraction of sp³-hybridized carbons (Fsp3) is 0.385. The molecule has 21 heavy (non-hydrogen) atoms. The predicted molar refractivity (Wildman–Crippen MR) is 73.3 cm³/mol. The van der Waals surface area contributed by atoms with Gasteiger partial charge in [0.1, 0.15) is 16.5 Å². The Labute approximate surface area is 121 Å². The Kier molecular flexibility index (Phi) is 5.42. The maximum absolute atomic E-state index is 13.6. The lowest BCUT2D eigenvalue weighted by molar-refractivity contribution is -0.119. The van der Waals surface area contributed by atoms with E-state index in [0.717, 1.165) is 12.1 Å². The van der Waals surface area contributed by atoms with E-state index < -0.39 is 38.2 Å². The van der Waals surface area contributed by atoms with Gasteiger partial charge in [-0.2, -0.15) is 0 Å². The van der Waals surface area contributed by atoms with E-state index in [4.69, 9.17) is 5.11 Å². The summed E-state index contributed by atoms with van der Waals surface area (Å²) in [5, 5.41) is 11.3. The van der Waals surface area contributed by atoms with Crippen molar-refractivity contribution in [3.63, 3.8) is 0 Å². The number of rotatable bonds is 6. The maximum Gasteiger partial charge on any atom is 0.335 e. The monoisotopic (exact) mass is 317 g/mol. The van der Waals surface area contributed by atoms with Crippen LogP contribution in [0.3, 0.4) is 0 Å². The van der Waals surface area contributed by atoms with Gasteiger partial charge in [-0.25, -0.2) is 17.6 Å². The van der Waals surface area contributed by atoms with Gasteiger partial charge in [0.05, 0.1) is 5.56 Å². The molecule has 1 rings (SSSR count). The lowest BCUT2D eigenvalue weighted by Gasteiger charge is -2.12. The normalized spacial score (nSPS) is 12.7. The topological polar surface area (TPSA) is 101 Å². The van der Waals surface area contributed by atoms with Crippen LogP contribution in [0.2, 0.25) is 0 Å². The molecule has 2 N–H and O–H groups in total. The first-order valence-electron chi connectivity index (χ1n) is 6.22. The summed E-state index contributed by atoms with van der Waals surface area (Å²) in [6.45, 7) is 3.52. The van der Waals surface area contributed by atoms with Gasteiger partial charge >= 0.3 is 5.97 Å². The molecule has 1 aromatic carbocycles. The van der Waals surface area contributed by atoms with E-state index in [1.54, 1.807) is 6.92 Å². The summed E-state index contributed by atoms with van der Waals surface area (Å²) in [7, 11) is -4.25. The van der Waals surface area contributed by atoms with Crippen LogP contribution in [0.1, 0.15) is 30.6 Å². The summed E-state index contributed by atoms with van der Waals surface area (Å²) < 4.78 is 37.6. The number of amides is 1. The van der Waals surface area contributed by atoms with Crippen molar-refractivity contribution in [2.75, 3.05) is 5.75 Å². The third-order valence-corrected chi connectivity index (χ3v) is 4.48. The molecule has 0 bridgehead atoms. The van der Waals surface area contributed by atoms with Gasteiger partial charge in [-0.05, 0) is 31.5 Å². The summed E-state index contributed by atoms with van der Waals surface area (Å²) >= 11 is 0. The fourth-order valence-electron chi connectivity index (χ4n) is 1.54. The Bertz CT molecular complexity index is 657. The van der Waals surface area contributed by atoms with Crippen molar-refractivity contribution in [3.8, 4) is 0 Å². The minimum atomic E-state index is -4.25. The first-order valence-corrected chi connectivity index (χ1v) is 7.87. The molecule has 0 radical (unpaired) electrons. The van der Waals surface area contributed by atoms with E-state index >= 15 is 0 Å². The van der Waals surface area contributed by atoms with Crippen LogP contribution in [0.5, 0.6) is 0 Å². The maximum atomic E-state index is 13.6. The van der Waals surface area contributed by atoms with Crippen molar-refractivity contribution in [3.05, 3.63) is 29.6 Å². The molecule has 8 heteroatoms. The number of halogens is 1. The van der Waals surface area contributed by atoms with Crippen LogP contribution in [-0.4, -0.2) is 37.2 Å². The highest BCUT2D eigenvalue weighted by atomic mass is 32.2. The third-order valence-electron chi connectivity index (χ3n) is 2.85. The molecule has 116 valence electrons. The third kappa shape index (κ3) is 4.52. The average molecular weight is 317 g/mol. The Hall–Kier alpha value is -1.96. The van der Waals surface area contributed by atoms with Gasteiger partial charge in [0.15, 0.2) is 9.84 Å². The van der Waals surface area contributed by atoms with Crippen molar-refractivity contribution in [2.24, 2.45) is 0 Å². The zero-order valence-electron chi connectivity index (χ0n) is 11.6. The lowest BCUT2D eigenvalue weighted by Crippen LogP contribution is -2.36. The molecule has 0 heterocycles. The number of carbonyl (C=O) groups is 2. The summed E-state index contributed by atoms with van der Waals surface area (Å²) in [5.41, 5.74) is -0.364. The van der Waals surface area contributed by atoms with Crippen molar-refractivity contribution >= 4 is 21.7 Å². The number of carboxylic acids is 1. The number of hydrogen-bond donors (Lipinski definition) is 2. The molecule has 1 amide bonds. The van der Waals surface area contributed by atoms with E-state index in [9.17, 15) is 22.4 Å². The summed E-state index contributed by atoms with van der Waals surface area (Å²) in [6.07, 6.45) is 0.620. The summed E-state index contributed by atoms with van der Waals surface area (Å²) in [4.78, 5) is 21.6. The van der Waals surface area contributed by atoms with Gasteiger partial charge < -0.3 is 10.4 Å². The standard InChI is InChI=1S/C13H16FNO5S/c1-3-8(2)15-12(16)7-21(19,20)11-6-9(13(17)18)4-5-10(11)14/h4-6,8H,3,7H2,1-2H3,(H,15,16)(H,17,18). The van der Waals surface area contributed by atoms with E-state index in [-0.39, 0.29) is 11.6 Å². The number of hydrogen-bond acceptors (Lipinski definition) is 4. The van der Waals surface area contributed by atoms with Crippen molar-refractivity contribution < 1.29 is 27.5 Å². The van der Waals surface area contributed by atoms with Crippen molar-refractivity contribution in [1.82, 2.24) is 5.32 Å². The number of carbonyl (C=O) groups excluding carboxylic acids is 1. The number of benzene rings is 1. The van der Waals surface area contributed by atoms with E-state index in [2.05, 4.69) is 5.32 Å². The molecule has 0 aliphatic heterocycles. The van der Waals surface area contributed by atoms with E-state index in [0.29, 0.717) is 12.5 Å². The second-order valence-corrected chi connectivity index (χ2v) is 6.54. The van der Waals surface area contributed by atoms with Crippen molar-refractivity contribution in [2.45, 2.75) is 31.2 Å². The molecule has 6 nitrogen and oxygen atoms in total. The first-order chi connectivity index (χ1) is 9.67. The van der Waals surface area contributed by atoms with Crippen LogP contribution in [0.25, 0.3) is 0 Å². The van der Waals surface area contributed by atoms with Crippen LogP contribution < -0.4 is 5.32 Å². The van der Waals surface area contributed by atoms with Crippen LogP contribution in [0.4, 0.5) is 4.39 Å². The second-order valence-electron chi connectivity index (χ2n) is 4.59. The van der Waals surface area contributed by atoms with Gasteiger partial charge in [-0.1, -0.05) is 6.92 Å². The Morgan fingerprint density at radius 1 is 1.38 bits per heavy atom. The minimum absolute atomic E-state index is 0.206. The zero-order valence-corrected chi connectivity index (χ0v) is 12.4. The molecule has 0 spiro atoms. The van der Waals surface area contributed by atoms with E-state index in [1.807, 2.05) is 6.92 Å². The zero-order chi connectivity index (χ0) is 16.2. The molecule has 1 atom stereocenters. The Balaban J connectivity index is 3.05. The number of nitrogens with one attached hydrogen (secondary N) is 1. The molecule has 0 saturated heterocycles. The van der Waals surface area contributed by atoms with Crippen LogP contribution in [-0.2, 0) is 14.6 Å². The van der Waals surface area contributed by atoms with Gasteiger partial charge in [0, 0.05) is 6.04 Å². The lowest BCUT2D eigenvalue weighted by atomic mass is 10.2. The van der Waals surface area contributed by atoms with Crippen molar-refractivity contribution in [1.29, 1.82) is 0 Å².